The molecule has 0 fully saturated rings. The lowest BCUT2D eigenvalue weighted by molar-refractivity contribution is 0.795. The van der Waals surface area contributed by atoms with Gasteiger partial charge in [-0.1, -0.05) is 38.1 Å². The summed E-state index contributed by atoms with van der Waals surface area (Å²) in [4.78, 5) is 13.1. The van der Waals surface area contributed by atoms with E-state index in [1.54, 1.807) is 11.3 Å². The number of hydrogen-bond acceptors (Lipinski definition) is 3. The van der Waals surface area contributed by atoms with Crippen LogP contribution in [0.3, 0.4) is 0 Å². The second kappa shape index (κ2) is 6.89. The van der Waals surface area contributed by atoms with Crippen molar-refractivity contribution < 1.29 is 0 Å². The first-order chi connectivity index (χ1) is 12.6. The van der Waals surface area contributed by atoms with Gasteiger partial charge in [-0.2, -0.15) is 11.3 Å². The Bertz CT molecular complexity index is 1030. The number of nitrogens with one attached hydrogen (secondary N) is 1. The Morgan fingerprint density at radius 3 is 2.46 bits per heavy atom. The lowest BCUT2D eigenvalue weighted by Gasteiger charge is -2.05. The predicted molar refractivity (Wildman–Crippen MR) is 109 cm³/mol. The van der Waals surface area contributed by atoms with Crippen molar-refractivity contribution in [2.45, 2.75) is 26.7 Å². The molecule has 4 rings (SSSR count). The molecule has 4 aromatic rings. The minimum Gasteiger partial charge on any atom is -0.340 e. The molecule has 0 unspecified atom stereocenters. The van der Waals surface area contributed by atoms with Crippen LogP contribution >= 0.6 is 11.3 Å². The van der Waals surface area contributed by atoms with Crippen LogP contribution in [0.15, 0.2) is 59.3 Å². The first-order valence-corrected chi connectivity index (χ1v) is 9.73. The molecule has 3 heterocycles. The maximum absolute atomic E-state index is 4.92. The summed E-state index contributed by atoms with van der Waals surface area (Å²) in [5.74, 6) is 1.31. The van der Waals surface area contributed by atoms with Crippen LogP contribution < -0.4 is 0 Å². The smallest absolute Gasteiger partial charge is 0.109 e. The molecule has 0 aliphatic heterocycles. The lowest BCUT2D eigenvalue weighted by atomic mass is 10.0. The molecule has 0 radical (unpaired) electrons. The maximum Gasteiger partial charge on any atom is 0.109 e. The molecule has 4 heteroatoms. The zero-order chi connectivity index (χ0) is 18.1. The van der Waals surface area contributed by atoms with Gasteiger partial charge in [0, 0.05) is 17.2 Å². The standard InChI is InChI=1S/C22H21N3S/c1-14(2)22-24-20(21(25-22)19-9-4-6-15(3)23-19)17-8-5-7-16(12-17)18-10-11-26-13-18/h4-14H,1-3H3,(H,24,25). The average molecular weight is 359 g/mol. The fraction of sp³-hybridized carbons (Fsp3) is 0.182. The van der Waals surface area contributed by atoms with Crippen molar-refractivity contribution in [2.24, 2.45) is 0 Å². The largest absolute Gasteiger partial charge is 0.340 e. The van der Waals surface area contributed by atoms with E-state index in [0.29, 0.717) is 5.92 Å². The van der Waals surface area contributed by atoms with E-state index in [-0.39, 0.29) is 0 Å². The number of benzene rings is 1. The number of aromatic amines is 1. The van der Waals surface area contributed by atoms with Gasteiger partial charge in [0.25, 0.3) is 0 Å². The number of thiophene rings is 1. The van der Waals surface area contributed by atoms with Crippen LogP contribution in [0.5, 0.6) is 0 Å². The van der Waals surface area contributed by atoms with Crippen LogP contribution in [-0.4, -0.2) is 15.0 Å². The van der Waals surface area contributed by atoms with Crippen molar-refractivity contribution in [3.05, 3.63) is 70.8 Å². The summed E-state index contributed by atoms with van der Waals surface area (Å²) >= 11 is 1.71. The van der Waals surface area contributed by atoms with Gasteiger partial charge in [-0.15, -0.1) is 0 Å². The van der Waals surface area contributed by atoms with Crippen LogP contribution in [0.2, 0.25) is 0 Å². The first kappa shape index (κ1) is 16.7. The highest BCUT2D eigenvalue weighted by molar-refractivity contribution is 7.08. The third-order valence-corrected chi connectivity index (χ3v) is 5.09. The van der Waals surface area contributed by atoms with Crippen LogP contribution in [0.25, 0.3) is 33.8 Å². The Kier molecular flexibility index (Phi) is 4.43. The van der Waals surface area contributed by atoms with E-state index in [1.807, 2.05) is 25.1 Å². The fourth-order valence-electron chi connectivity index (χ4n) is 3.02. The SMILES string of the molecule is Cc1cccc(-c2[nH]c(C(C)C)nc2-c2cccc(-c3ccsc3)c2)n1. The molecule has 3 aromatic heterocycles. The lowest BCUT2D eigenvalue weighted by Crippen LogP contribution is -1.90. The molecule has 0 saturated heterocycles. The summed E-state index contributed by atoms with van der Waals surface area (Å²) < 4.78 is 0. The molecule has 0 atom stereocenters. The van der Waals surface area contributed by atoms with E-state index >= 15 is 0 Å². The van der Waals surface area contributed by atoms with Gasteiger partial charge in [-0.25, -0.2) is 4.98 Å². The quantitative estimate of drug-likeness (QED) is 0.464. The highest BCUT2D eigenvalue weighted by Gasteiger charge is 2.17. The third kappa shape index (κ3) is 3.20. The minimum atomic E-state index is 0.326. The van der Waals surface area contributed by atoms with E-state index in [0.717, 1.165) is 34.2 Å². The van der Waals surface area contributed by atoms with Gasteiger partial charge < -0.3 is 4.98 Å². The van der Waals surface area contributed by atoms with Gasteiger partial charge in [-0.05, 0) is 53.1 Å². The number of nitrogens with zero attached hydrogens (tertiary/aromatic N) is 2. The van der Waals surface area contributed by atoms with E-state index in [1.165, 1.54) is 11.1 Å². The molecule has 0 spiro atoms. The third-order valence-electron chi connectivity index (χ3n) is 4.40. The summed E-state index contributed by atoms with van der Waals surface area (Å²) in [6.07, 6.45) is 0. The van der Waals surface area contributed by atoms with Gasteiger partial charge in [-0.3, -0.25) is 4.98 Å². The van der Waals surface area contributed by atoms with Gasteiger partial charge in [0.2, 0.25) is 0 Å². The molecule has 0 bridgehead atoms. The number of hydrogen-bond donors (Lipinski definition) is 1. The van der Waals surface area contributed by atoms with Gasteiger partial charge in [0.05, 0.1) is 17.1 Å². The van der Waals surface area contributed by atoms with Crippen LogP contribution in [0.4, 0.5) is 0 Å². The van der Waals surface area contributed by atoms with Crippen LogP contribution in [0.1, 0.15) is 31.3 Å². The molecule has 0 aliphatic carbocycles. The van der Waals surface area contributed by atoms with Crippen molar-refractivity contribution >= 4 is 11.3 Å². The Balaban J connectivity index is 1.87. The van der Waals surface area contributed by atoms with Crippen molar-refractivity contribution in [1.29, 1.82) is 0 Å². The maximum atomic E-state index is 4.92. The molecule has 0 amide bonds. The Hall–Kier alpha value is -2.72. The van der Waals surface area contributed by atoms with Gasteiger partial charge in [0.1, 0.15) is 5.82 Å². The van der Waals surface area contributed by atoms with Crippen molar-refractivity contribution in [2.75, 3.05) is 0 Å². The number of H-pyrrole nitrogens is 1. The summed E-state index contributed by atoms with van der Waals surface area (Å²) in [6, 6.07) is 16.8. The molecule has 1 aromatic carbocycles. The average Bonchev–Trinajstić information content (AvgIpc) is 3.32. The highest BCUT2D eigenvalue weighted by Crippen LogP contribution is 2.33. The first-order valence-electron chi connectivity index (χ1n) is 8.79. The second-order valence-corrected chi connectivity index (χ2v) is 7.54. The molecule has 0 saturated carbocycles. The summed E-state index contributed by atoms with van der Waals surface area (Å²) in [5, 5.41) is 4.28. The summed E-state index contributed by atoms with van der Waals surface area (Å²) in [5.41, 5.74) is 7.44. The Morgan fingerprint density at radius 2 is 1.73 bits per heavy atom. The molecule has 1 N–H and O–H groups in total. The van der Waals surface area contributed by atoms with E-state index in [4.69, 9.17) is 9.97 Å². The zero-order valence-electron chi connectivity index (χ0n) is 15.2. The minimum absolute atomic E-state index is 0.326. The topological polar surface area (TPSA) is 41.6 Å². The summed E-state index contributed by atoms with van der Waals surface area (Å²) in [7, 11) is 0. The molecule has 130 valence electrons. The van der Waals surface area contributed by atoms with E-state index < -0.39 is 0 Å². The molecular formula is C22H21N3S. The number of pyridine rings is 1. The molecule has 3 nitrogen and oxygen atoms in total. The fourth-order valence-corrected chi connectivity index (χ4v) is 3.68. The van der Waals surface area contributed by atoms with Gasteiger partial charge in [0.15, 0.2) is 0 Å². The predicted octanol–water partition coefficient (Wildman–Crippen LogP) is 6.30. The number of aromatic nitrogens is 3. The number of aryl methyl sites for hydroxylation is 1. The molecule has 0 aliphatic rings. The van der Waals surface area contributed by atoms with Crippen LogP contribution in [-0.2, 0) is 0 Å². The number of rotatable bonds is 4. The van der Waals surface area contributed by atoms with Crippen molar-refractivity contribution in [3.63, 3.8) is 0 Å². The summed E-state index contributed by atoms with van der Waals surface area (Å²) in [6.45, 7) is 6.32. The van der Waals surface area contributed by atoms with E-state index in [2.05, 4.69) is 59.9 Å². The second-order valence-electron chi connectivity index (χ2n) is 6.76. The molecule has 26 heavy (non-hydrogen) atoms. The van der Waals surface area contributed by atoms with Crippen molar-refractivity contribution in [3.8, 4) is 33.8 Å². The Morgan fingerprint density at radius 1 is 0.923 bits per heavy atom. The normalized spacial score (nSPS) is 11.2. The van der Waals surface area contributed by atoms with Crippen molar-refractivity contribution in [1.82, 2.24) is 15.0 Å². The zero-order valence-corrected chi connectivity index (χ0v) is 16.0. The highest BCUT2D eigenvalue weighted by atomic mass is 32.1. The number of imidazole rings is 1. The van der Waals surface area contributed by atoms with E-state index in [9.17, 15) is 0 Å². The Labute approximate surface area is 157 Å². The monoisotopic (exact) mass is 359 g/mol. The molecular weight excluding hydrogens is 338 g/mol. The van der Waals surface area contributed by atoms with Gasteiger partial charge >= 0.3 is 0 Å². The van der Waals surface area contributed by atoms with Crippen LogP contribution in [0, 0.1) is 6.92 Å².